The van der Waals surface area contributed by atoms with E-state index >= 15 is 0 Å². The topological polar surface area (TPSA) is 75.3 Å². The van der Waals surface area contributed by atoms with Crippen LogP contribution in [0, 0.1) is 0 Å². The Kier molecular flexibility index (Phi) is 5.87. The normalized spacial score (nSPS) is 13.3. The standard InChI is InChI=1S/C31H27N5O/c1-35-18-17-21-11-16-26(19-24(21)20-35)36(25-14-12-23(13-15-25)30(32)37)31-33-28-10-6-5-9-27(28)29(34-31)22-7-3-2-4-8-22/h2-16,19H,17-18,20H2,1H3,(H2,32,37). The predicted molar refractivity (Wildman–Crippen MR) is 148 cm³/mol. The number of rotatable bonds is 5. The zero-order chi connectivity index (χ0) is 25.4. The molecule has 5 aromatic rings. The average molecular weight is 486 g/mol. The molecule has 1 aromatic heterocycles. The van der Waals surface area contributed by atoms with Gasteiger partial charge in [-0.3, -0.25) is 9.69 Å². The van der Waals surface area contributed by atoms with Crippen LogP contribution in [0.15, 0.2) is 97.1 Å². The molecular formula is C31H27N5O. The third kappa shape index (κ3) is 4.43. The number of carbonyl (C=O) groups is 1. The van der Waals surface area contributed by atoms with Gasteiger partial charge in [0.15, 0.2) is 0 Å². The van der Waals surface area contributed by atoms with E-state index < -0.39 is 5.91 Å². The number of nitrogens with two attached hydrogens (primary N) is 1. The van der Waals surface area contributed by atoms with E-state index in [0.717, 1.165) is 53.0 Å². The van der Waals surface area contributed by atoms with E-state index in [0.29, 0.717) is 11.5 Å². The monoisotopic (exact) mass is 485 g/mol. The van der Waals surface area contributed by atoms with Crippen LogP contribution in [0.25, 0.3) is 22.2 Å². The van der Waals surface area contributed by atoms with Gasteiger partial charge in [0.2, 0.25) is 11.9 Å². The number of aromatic nitrogens is 2. The number of anilines is 3. The first-order chi connectivity index (χ1) is 18.1. The minimum Gasteiger partial charge on any atom is -0.366 e. The number of nitrogens with zero attached hydrogens (tertiary/aromatic N) is 4. The summed E-state index contributed by atoms with van der Waals surface area (Å²) in [5.41, 5.74) is 13.2. The molecule has 6 nitrogen and oxygen atoms in total. The van der Waals surface area contributed by atoms with E-state index in [9.17, 15) is 4.79 Å². The third-order valence-electron chi connectivity index (χ3n) is 6.90. The zero-order valence-electron chi connectivity index (χ0n) is 20.6. The van der Waals surface area contributed by atoms with Gasteiger partial charge in [0.1, 0.15) is 0 Å². The Labute approximate surface area is 216 Å². The van der Waals surface area contributed by atoms with Gasteiger partial charge in [-0.1, -0.05) is 54.6 Å². The first-order valence-corrected chi connectivity index (χ1v) is 12.4. The van der Waals surface area contributed by atoms with E-state index in [1.807, 2.05) is 48.5 Å². The second kappa shape index (κ2) is 9.48. The van der Waals surface area contributed by atoms with Crippen molar-refractivity contribution in [3.63, 3.8) is 0 Å². The lowest BCUT2D eigenvalue weighted by atomic mass is 9.99. The highest BCUT2D eigenvalue weighted by Gasteiger charge is 2.21. The van der Waals surface area contributed by atoms with Crippen LogP contribution in [0.3, 0.4) is 0 Å². The molecule has 0 bridgehead atoms. The lowest BCUT2D eigenvalue weighted by Gasteiger charge is -2.28. The Morgan fingerprint density at radius 3 is 2.35 bits per heavy atom. The molecule has 6 rings (SSSR count). The second-order valence-electron chi connectivity index (χ2n) is 9.44. The number of fused-ring (bicyclic) bond motifs is 2. The number of amides is 1. The van der Waals surface area contributed by atoms with E-state index in [1.54, 1.807) is 12.1 Å². The SMILES string of the molecule is CN1CCc2ccc(N(c3ccc(C(N)=O)cc3)c3nc(-c4ccccc4)c4ccccc4n3)cc2C1. The Morgan fingerprint density at radius 1 is 0.838 bits per heavy atom. The molecule has 0 radical (unpaired) electrons. The predicted octanol–water partition coefficient (Wildman–Crippen LogP) is 5.85. The molecule has 6 heteroatoms. The molecule has 182 valence electrons. The van der Waals surface area contributed by atoms with E-state index in [4.69, 9.17) is 15.7 Å². The number of hydrogen-bond acceptors (Lipinski definition) is 5. The van der Waals surface area contributed by atoms with Crippen LogP contribution >= 0.6 is 0 Å². The van der Waals surface area contributed by atoms with E-state index in [-0.39, 0.29) is 0 Å². The number of carbonyl (C=O) groups excluding carboxylic acids is 1. The molecule has 0 fully saturated rings. The number of likely N-dealkylation sites (N-methyl/N-ethyl adjacent to an activating group) is 1. The summed E-state index contributed by atoms with van der Waals surface area (Å²) in [5.74, 6) is 0.108. The summed E-state index contributed by atoms with van der Waals surface area (Å²) in [6.07, 6.45) is 1.03. The minimum absolute atomic E-state index is 0.455. The summed E-state index contributed by atoms with van der Waals surface area (Å²) >= 11 is 0. The van der Waals surface area contributed by atoms with Gasteiger partial charge in [-0.15, -0.1) is 0 Å². The van der Waals surface area contributed by atoms with Crippen molar-refractivity contribution in [3.05, 3.63) is 114 Å². The molecule has 1 amide bonds. The highest BCUT2D eigenvalue weighted by atomic mass is 16.1. The molecule has 0 atom stereocenters. The molecule has 1 aliphatic rings. The second-order valence-corrected chi connectivity index (χ2v) is 9.44. The van der Waals surface area contributed by atoms with Gasteiger partial charge in [-0.25, -0.2) is 9.97 Å². The van der Waals surface area contributed by atoms with Crippen LogP contribution in [-0.4, -0.2) is 34.4 Å². The molecule has 0 spiro atoms. The van der Waals surface area contributed by atoms with Crippen molar-refractivity contribution in [1.82, 2.24) is 14.9 Å². The van der Waals surface area contributed by atoms with Crippen LogP contribution in [0.2, 0.25) is 0 Å². The van der Waals surface area contributed by atoms with Crippen molar-refractivity contribution in [1.29, 1.82) is 0 Å². The molecule has 4 aromatic carbocycles. The van der Waals surface area contributed by atoms with Gasteiger partial charge in [0.05, 0.1) is 11.2 Å². The summed E-state index contributed by atoms with van der Waals surface area (Å²) in [7, 11) is 2.15. The van der Waals surface area contributed by atoms with Gasteiger partial charge in [-0.2, -0.15) is 0 Å². The van der Waals surface area contributed by atoms with Crippen molar-refractivity contribution >= 4 is 34.1 Å². The Hall–Kier alpha value is -4.55. The summed E-state index contributed by atoms with van der Waals surface area (Å²) in [6.45, 7) is 1.95. The molecule has 2 N–H and O–H groups in total. The summed E-state index contributed by atoms with van der Waals surface area (Å²) in [5, 5.41) is 0.994. The largest absolute Gasteiger partial charge is 0.366 e. The molecule has 37 heavy (non-hydrogen) atoms. The van der Waals surface area contributed by atoms with Crippen LogP contribution in [0.5, 0.6) is 0 Å². The minimum atomic E-state index is -0.455. The van der Waals surface area contributed by atoms with Gasteiger partial charge in [0.25, 0.3) is 0 Å². The Morgan fingerprint density at radius 2 is 1.57 bits per heavy atom. The highest BCUT2D eigenvalue weighted by Crippen LogP contribution is 2.37. The summed E-state index contributed by atoms with van der Waals surface area (Å²) in [6, 6.07) is 32.1. The van der Waals surface area contributed by atoms with Gasteiger partial charge in [0, 0.05) is 41.0 Å². The van der Waals surface area contributed by atoms with Crippen molar-refractivity contribution in [3.8, 4) is 11.3 Å². The number of benzene rings is 4. The first-order valence-electron chi connectivity index (χ1n) is 12.4. The maximum atomic E-state index is 11.7. The van der Waals surface area contributed by atoms with E-state index in [1.165, 1.54) is 11.1 Å². The van der Waals surface area contributed by atoms with Crippen LogP contribution in [0.4, 0.5) is 17.3 Å². The quantitative estimate of drug-likeness (QED) is 0.338. The van der Waals surface area contributed by atoms with E-state index in [2.05, 4.69) is 53.2 Å². The fraction of sp³-hybridized carbons (Fsp3) is 0.129. The third-order valence-corrected chi connectivity index (χ3v) is 6.90. The number of primary amides is 1. The van der Waals surface area contributed by atoms with Crippen molar-refractivity contribution in [2.45, 2.75) is 13.0 Å². The molecule has 1 aliphatic heterocycles. The van der Waals surface area contributed by atoms with Gasteiger partial charge < -0.3 is 10.6 Å². The maximum Gasteiger partial charge on any atom is 0.248 e. The molecule has 0 saturated carbocycles. The lowest BCUT2D eigenvalue weighted by molar-refractivity contribution is 0.100. The fourth-order valence-electron chi connectivity index (χ4n) is 4.96. The zero-order valence-corrected chi connectivity index (χ0v) is 20.6. The van der Waals surface area contributed by atoms with Gasteiger partial charge >= 0.3 is 0 Å². The number of para-hydroxylation sites is 1. The van der Waals surface area contributed by atoms with Crippen molar-refractivity contribution in [2.24, 2.45) is 5.73 Å². The lowest BCUT2D eigenvalue weighted by Crippen LogP contribution is -2.26. The Balaban J connectivity index is 1.57. The molecule has 0 aliphatic carbocycles. The summed E-state index contributed by atoms with van der Waals surface area (Å²) < 4.78 is 0. The molecule has 0 unspecified atom stereocenters. The Bertz CT molecular complexity index is 1600. The van der Waals surface area contributed by atoms with Crippen LogP contribution in [-0.2, 0) is 13.0 Å². The smallest absolute Gasteiger partial charge is 0.248 e. The fourth-order valence-corrected chi connectivity index (χ4v) is 4.96. The molecule has 2 heterocycles. The van der Waals surface area contributed by atoms with Crippen molar-refractivity contribution < 1.29 is 4.79 Å². The first kappa shape index (κ1) is 22.9. The van der Waals surface area contributed by atoms with Crippen LogP contribution < -0.4 is 10.6 Å². The van der Waals surface area contributed by atoms with Gasteiger partial charge in [-0.05, 0) is 67.1 Å². The molecule has 0 saturated heterocycles. The van der Waals surface area contributed by atoms with Crippen LogP contribution in [0.1, 0.15) is 21.5 Å². The van der Waals surface area contributed by atoms with Crippen molar-refractivity contribution in [2.75, 3.05) is 18.5 Å². The maximum absolute atomic E-state index is 11.7. The highest BCUT2D eigenvalue weighted by molar-refractivity contribution is 5.95. The molecular weight excluding hydrogens is 458 g/mol. The number of hydrogen-bond donors (Lipinski definition) is 1. The summed E-state index contributed by atoms with van der Waals surface area (Å²) in [4.78, 5) is 26.3. The average Bonchev–Trinajstić information content (AvgIpc) is 2.93.